The highest BCUT2D eigenvalue weighted by atomic mass is 127. The maximum absolute atomic E-state index is 10.2. The molecule has 0 aliphatic carbocycles. The zero-order valence-electron chi connectivity index (χ0n) is 17.5. The van der Waals surface area contributed by atoms with Crippen LogP contribution in [-0.4, -0.2) is 40.5 Å². The van der Waals surface area contributed by atoms with Crippen LogP contribution in [-0.2, 0) is 20.0 Å². The van der Waals surface area contributed by atoms with Crippen LogP contribution in [0.4, 0.5) is 0 Å². The lowest BCUT2D eigenvalue weighted by molar-refractivity contribution is 0.370. The van der Waals surface area contributed by atoms with Crippen LogP contribution in [0, 0.1) is 13.8 Å². The van der Waals surface area contributed by atoms with E-state index in [0.717, 1.165) is 24.2 Å². The summed E-state index contributed by atoms with van der Waals surface area (Å²) in [5.74, 6) is 1.30. The number of aromatic hydroxyl groups is 1. The molecule has 28 heavy (non-hydrogen) atoms. The molecule has 0 saturated heterocycles. The fourth-order valence-corrected chi connectivity index (χ4v) is 3.05. The van der Waals surface area contributed by atoms with Crippen molar-refractivity contribution in [2.75, 3.05) is 13.7 Å². The highest BCUT2D eigenvalue weighted by Crippen LogP contribution is 2.29. The van der Waals surface area contributed by atoms with Gasteiger partial charge in [-0.1, -0.05) is 12.1 Å². The quantitative estimate of drug-likeness (QED) is 0.309. The van der Waals surface area contributed by atoms with Crippen LogP contribution in [0.3, 0.4) is 0 Å². The summed E-state index contributed by atoms with van der Waals surface area (Å²) >= 11 is 0. The summed E-state index contributed by atoms with van der Waals surface area (Å²) < 4.78 is 7.08. The number of hydrogen-bond acceptors (Lipinski definition) is 4. The molecule has 1 unspecified atom stereocenters. The van der Waals surface area contributed by atoms with Gasteiger partial charge in [0.1, 0.15) is 0 Å². The van der Waals surface area contributed by atoms with Crippen molar-refractivity contribution in [1.29, 1.82) is 0 Å². The number of para-hydroxylation sites is 1. The number of aliphatic imine (C=N–C) groups is 1. The van der Waals surface area contributed by atoms with Crippen LogP contribution in [0.15, 0.2) is 23.2 Å². The van der Waals surface area contributed by atoms with Crippen molar-refractivity contribution in [3.63, 3.8) is 0 Å². The normalized spacial score (nSPS) is 12.3. The van der Waals surface area contributed by atoms with Gasteiger partial charge < -0.3 is 20.5 Å². The molecule has 1 aromatic carbocycles. The molecular weight excluding hydrogens is 469 g/mol. The molecule has 0 radical (unpaired) electrons. The Hall–Kier alpha value is -1.97. The van der Waals surface area contributed by atoms with E-state index in [0.29, 0.717) is 18.3 Å². The van der Waals surface area contributed by atoms with Crippen molar-refractivity contribution in [2.24, 2.45) is 12.0 Å². The molecule has 8 heteroatoms. The largest absolute Gasteiger partial charge is 0.504 e. The molecule has 0 aliphatic rings. The fourth-order valence-electron chi connectivity index (χ4n) is 3.05. The molecule has 0 aliphatic heterocycles. The minimum Gasteiger partial charge on any atom is -0.504 e. The summed E-state index contributed by atoms with van der Waals surface area (Å²) in [7, 11) is 3.51. The lowest BCUT2D eigenvalue weighted by Gasteiger charge is -2.18. The van der Waals surface area contributed by atoms with Crippen LogP contribution in [0.1, 0.15) is 36.4 Å². The number of nitrogens with one attached hydrogen (secondary N) is 2. The molecule has 156 valence electrons. The predicted octanol–water partition coefficient (Wildman–Crippen LogP) is 3.06. The third-order valence-corrected chi connectivity index (χ3v) is 4.61. The number of rotatable bonds is 7. The lowest BCUT2D eigenvalue weighted by Crippen LogP contribution is -2.43. The molecule has 2 aromatic rings. The number of aromatic nitrogens is 2. The summed E-state index contributed by atoms with van der Waals surface area (Å²) in [6.45, 7) is 9.40. The SMILES string of the molecule is CCNC(=NCc1cccc(OC)c1O)NC(C)Cc1c(C)nn(C)c1C.I. The number of phenols is 1. The molecule has 3 N–H and O–H groups in total. The number of aryl methyl sites for hydroxylation is 2. The molecule has 1 aromatic heterocycles. The van der Waals surface area contributed by atoms with Gasteiger partial charge in [0, 0.05) is 30.9 Å². The standard InChI is InChI=1S/C20H31N5O2.HI/c1-7-21-20(22-12-16-9-8-10-18(27-6)19(16)26)23-13(2)11-17-14(3)24-25(5)15(17)4;/h8-10,13,26H,7,11-12H2,1-6H3,(H2,21,22,23);1H. The monoisotopic (exact) mass is 501 g/mol. The predicted molar refractivity (Wildman–Crippen MR) is 124 cm³/mol. The van der Waals surface area contributed by atoms with Crippen LogP contribution in [0.25, 0.3) is 0 Å². The number of nitrogens with zero attached hydrogens (tertiary/aromatic N) is 3. The maximum Gasteiger partial charge on any atom is 0.191 e. The number of phenolic OH excluding ortho intramolecular Hbond substituents is 1. The Morgan fingerprint density at radius 1 is 1.36 bits per heavy atom. The Morgan fingerprint density at radius 3 is 2.64 bits per heavy atom. The Morgan fingerprint density at radius 2 is 2.07 bits per heavy atom. The average Bonchev–Trinajstić information content (AvgIpc) is 2.87. The first-order chi connectivity index (χ1) is 12.9. The molecule has 1 heterocycles. The molecular formula is C20H32IN5O2. The van der Waals surface area contributed by atoms with E-state index in [1.807, 2.05) is 37.7 Å². The maximum atomic E-state index is 10.2. The first-order valence-corrected chi connectivity index (χ1v) is 9.26. The Balaban J connectivity index is 0.00000392. The Kier molecular flexibility index (Phi) is 9.57. The number of benzene rings is 1. The van der Waals surface area contributed by atoms with E-state index in [9.17, 15) is 5.11 Å². The zero-order valence-corrected chi connectivity index (χ0v) is 19.9. The van der Waals surface area contributed by atoms with Gasteiger partial charge >= 0.3 is 0 Å². The first-order valence-electron chi connectivity index (χ1n) is 9.26. The van der Waals surface area contributed by atoms with E-state index in [1.165, 1.54) is 18.4 Å². The Labute approximate surface area is 184 Å². The van der Waals surface area contributed by atoms with Gasteiger partial charge in [-0.15, -0.1) is 24.0 Å². The van der Waals surface area contributed by atoms with Gasteiger partial charge in [-0.2, -0.15) is 5.10 Å². The second-order valence-corrected chi connectivity index (χ2v) is 6.69. The molecule has 0 bridgehead atoms. The second-order valence-electron chi connectivity index (χ2n) is 6.69. The minimum absolute atomic E-state index is 0. The molecule has 0 saturated carbocycles. The number of ether oxygens (including phenoxy) is 1. The highest BCUT2D eigenvalue weighted by molar-refractivity contribution is 14.0. The summed E-state index contributed by atoms with van der Waals surface area (Å²) in [6, 6.07) is 5.60. The van der Waals surface area contributed by atoms with E-state index in [2.05, 4.69) is 34.6 Å². The summed E-state index contributed by atoms with van der Waals surface area (Å²) in [5, 5.41) is 21.4. The summed E-state index contributed by atoms with van der Waals surface area (Å²) in [4.78, 5) is 4.61. The third kappa shape index (κ3) is 6.02. The molecule has 2 rings (SSSR count). The molecule has 0 fully saturated rings. The highest BCUT2D eigenvalue weighted by Gasteiger charge is 2.14. The van der Waals surface area contributed by atoms with Crippen molar-refractivity contribution in [3.8, 4) is 11.5 Å². The fraction of sp³-hybridized carbons (Fsp3) is 0.500. The minimum atomic E-state index is 0. The molecule has 1 atom stereocenters. The van der Waals surface area contributed by atoms with Gasteiger partial charge in [0.2, 0.25) is 0 Å². The zero-order chi connectivity index (χ0) is 20.0. The smallest absolute Gasteiger partial charge is 0.191 e. The lowest BCUT2D eigenvalue weighted by atomic mass is 10.1. The molecule has 0 amide bonds. The van der Waals surface area contributed by atoms with Crippen LogP contribution < -0.4 is 15.4 Å². The van der Waals surface area contributed by atoms with E-state index >= 15 is 0 Å². The number of methoxy groups -OCH3 is 1. The van der Waals surface area contributed by atoms with Crippen molar-refractivity contribution < 1.29 is 9.84 Å². The van der Waals surface area contributed by atoms with Crippen molar-refractivity contribution >= 4 is 29.9 Å². The summed E-state index contributed by atoms with van der Waals surface area (Å²) in [6.07, 6.45) is 0.861. The van der Waals surface area contributed by atoms with Gasteiger partial charge in [0.25, 0.3) is 0 Å². The molecule has 0 spiro atoms. The first kappa shape index (κ1) is 24.1. The number of hydrogen-bond donors (Lipinski definition) is 3. The van der Waals surface area contributed by atoms with E-state index in [1.54, 1.807) is 6.07 Å². The van der Waals surface area contributed by atoms with Crippen molar-refractivity contribution in [3.05, 3.63) is 40.7 Å². The number of guanidine groups is 1. The van der Waals surface area contributed by atoms with E-state index in [-0.39, 0.29) is 35.8 Å². The van der Waals surface area contributed by atoms with Gasteiger partial charge in [-0.05, 0) is 45.7 Å². The Bertz CT molecular complexity index is 804. The van der Waals surface area contributed by atoms with Crippen molar-refractivity contribution in [2.45, 2.75) is 46.7 Å². The van der Waals surface area contributed by atoms with E-state index < -0.39 is 0 Å². The van der Waals surface area contributed by atoms with Crippen LogP contribution >= 0.6 is 24.0 Å². The van der Waals surface area contributed by atoms with Crippen molar-refractivity contribution in [1.82, 2.24) is 20.4 Å². The average molecular weight is 501 g/mol. The van der Waals surface area contributed by atoms with Crippen LogP contribution in [0.5, 0.6) is 11.5 Å². The summed E-state index contributed by atoms with van der Waals surface area (Å²) in [5.41, 5.74) is 4.23. The van der Waals surface area contributed by atoms with Gasteiger partial charge in [-0.25, -0.2) is 4.99 Å². The number of halogens is 1. The van der Waals surface area contributed by atoms with Gasteiger partial charge in [0.05, 0.1) is 19.3 Å². The van der Waals surface area contributed by atoms with E-state index in [4.69, 9.17) is 4.74 Å². The van der Waals surface area contributed by atoms with Crippen LogP contribution in [0.2, 0.25) is 0 Å². The topological polar surface area (TPSA) is 83.7 Å². The van der Waals surface area contributed by atoms with Gasteiger partial charge in [-0.3, -0.25) is 4.68 Å². The third-order valence-electron chi connectivity index (χ3n) is 4.61. The van der Waals surface area contributed by atoms with Gasteiger partial charge in [0.15, 0.2) is 17.5 Å². The molecule has 7 nitrogen and oxygen atoms in total. The second kappa shape index (κ2) is 11.1.